The number of anilines is 1. The topological polar surface area (TPSA) is 62.1 Å². The number of carbonyl (C=O) groups excluding carboxylic acids is 1. The predicted octanol–water partition coefficient (Wildman–Crippen LogP) is 4.92. The zero-order valence-corrected chi connectivity index (χ0v) is 17.6. The van der Waals surface area contributed by atoms with Gasteiger partial charge in [-0.3, -0.25) is 4.79 Å². The maximum absolute atomic E-state index is 12.4. The number of aryl methyl sites for hydroxylation is 1. The Morgan fingerprint density at radius 1 is 1.42 bits per heavy atom. The van der Waals surface area contributed by atoms with Crippen LogP contribution in [0.15, 0.2) is 46.4 Å². The number of benzene rings is 2. The van der Waals surface area contributed by atoms with Gasteiger partial charge in [-0.05, 0) is 80.8 Å². The second-order valence-corrected chi connectivity index (χ2v) is 7.26. The quantitative estimate of drug-likeness (QED) is 0.263. The third kappa shape index (κ3) is 5.10. The molecule has 4 nitrogen and oxygen atoms in total. The summed E-state index contributed by atoms with van der Waals surface area (Å²) in [4.78, 5) is 12.4. The molecule has 0 unspecified atom stereocenters. The number of terminal acetylenes is 1. The average Bonchev–Trinajstić information content (AvgIpc) is 2.61. The molecule has 0 fully saturated rings. The normalized spacial score (nSPS) is 10.6. The van der Waals surface area contributed by atoms with E-state index >= 15 is 0 Å². The van der Waals surface area contributed by atoms with Crippen LogP contribution in [-0.4, -0.2) is 12.5 Å². The second kappa shape index (κ2) is 9.42. The van der Waals surface area contributed by atoms with Crippen LogP contribution in [0.2, 0.25) is 0 Å². The zero-order valence-electron chi connectivity index (χ0n) is 13.8. The highest BCUT2D eigenvalue weighted by Crippen LogP contribution is 2.32. The fourth-order valence-electron chi connectivity index (χ4n) is 2.13. The largest absolute Gasteiger partial charge is 0.479 e. The van der Waals surface area contributed by atoms with Crippen molar-refractivity contribution in [3.63, 3.8) is 0 Å². The minimum absolute atomic E-state index is 0.00764. The van der Waals surface area contributed by atoms with Crippen LogP contribution in [0.3, 0.4) is 0 Å². The van der Waals surface area contributed by atoms with Gasteiger partial charge in [0, 0.05) is 5.69 Å². The van der Waals surface area contributed by atoms with E-state index in [-0.39, 0.29) is 12.2 Å². The van der Waals surface area contributed by atoms with E-state index in [0.717, 1.165) is 9.13 Å². The standard InChI is InChI=1S/C20H14BrIN2O2/c1-3-8-26-19-16(21)10-14(11-17(19)22)9-15(12-23)20(25)24-18-7-5-4-6-13(18)2/h1,4-7,9-11H,8H2,2H3,(H,24,25)/b15-9-. The number of nitrogens with zero attached hydrogens (tertiary/aromatic N) is 1. The summed E-state index contributed by atoms with van der Waals surface area (Å²) in [5.74, 6) is 2.59. The Balaban J connectivity index is 2.28. The maximum atomic E-state index is 12.4. The first-order valence-electron chi connectivity index (χ1n) is 7.50. The summed E-state index contributed by atoms with van der Waals surface area (Å²) in [5.41, 5.74) is 2.30. The number of carbonyl (C=O) groups is 1. The van der Waals surface area contributed by atoms with Gasteiger partial charge < -0.3 is 10.1 Å². The average molecular weight is 521 g/mol. The van der Waals surface area contributed by atoms with Crippen molar-refractivity contribution in [2.24, 2.45) is 0 Å². The lowest BCUT2D eigenvalue weighted by Gasteiger charge is -2.10. The SMILES string of the molecule is C#CCOc1c(Br)cc(/C=C(/C#N)C(=O)Nc2ccccc2C)cc1I. The number of ether oxygens (including phenoxy) is 1. The van der Waals surface area contributed by atoms with Gasteiger partial charge in [0.25, 0.3) is 5.91 Å². The van der Waals surface area contributed by atoms with E-state index < -0.39 is 5.91 Å². The lowest BCUT2D eigenvalue weighted by molar-refractivity contribution is -0.112. The van der Waals surface area contributed by atoms with Crippen LogP contribution < -0.4 is 10.1 Å². The van der Waals surface area contributed by atoms with Crippen molar-refractivity contribution < 1.29 is 9.53 Å². The number of rotatable bonds is 5. The van der Waals surface area contributed by atoms with Crippen LogP contribution in [-0.2, 0) is 4.79 Å². The predicted molar refractivity (Wildman–Crippen MR) is 115 cm³/mol. The van der Waals surface area contributed by atoms with E-state index in [4.69, 9.17) is 11.2 Å². The van der Waals surface area contributed by atoms with Crippen LogP contribution >= 0.6 is 38.5 Å². The molecule has 0 aliphatic carbocycles. The van der Waals surface area contributed by atoms with Gasteiger partial charge in [-0.15, -0.1) is 6.42 Å². The molecule has 0 radical (unpaired) electrons. The van der Waals surface area contributed by atoms with Gasteiger partial charge in [-0.1, -0.05) is 24.1 Å². The summed E-state index contributed by atoms with van der Waals surface area (Å²) in [6.07, 6.45) is 6.75. The van der Waals surface area contributed by atoms with Gasteiger partial charge in [-0.25, -0.2) is 0 Å². The summed E-state index contributed by atoms with van der Waals surface area (Å²) in [7, 11) is 0. The highest BCUT2D eigenvalue weighted by Gasteiger charge is 2.13. The summed E-state index contributed by atoms with van der Waals surface area (Å²) < 4.78 is 7.00. The van der Waals surface area contributed by atoms with Crippen molar-refractivity contribution >= 4 is 56.2 Å². The van der Waals surface area contributed by atoms with E-state index in [9.17, 15) is 10.1 Å². The minimum Gasteiger partial charge on any atom is -0.479 e. The summed E-state index contributed by atoms with van der Waals surface area (Å²) in [6, 6.07) is 12.9. The highest BCUT2D eigenvalue weighted by atomic mass is 127. The smallest absolute Gasteiger partial charge is 0.266 e. The molecule has 130 valence electrons. The molecule has 0 aliphatic rings. The molecule has 0 heterocycles. The van der Waals surface area contributed by atoms with Crippen LogP contribution in [0, 0.1) is 34.2 Å². The van der Waals surface area contributed by atoms with Crippen molar-refractivity contribution in [3.05, 3.63) is 61.1 Å². The molecule has 2 rings (SSSR count). The van der Waals surface area contributed by atoms with Crippen LogP contribution in [0.4, 0.5) is 5.69 Å². The number of amides is 1. The summed E-state index contributed by atoms with van der Waals surface area (Å²) >= 11 is 5.54. The minimum atomic E-state index is -0.458. The summed E-state index contributed by atoms with van der Waals surface area (Å²) in [5, 5.41) is 12.1. The van der Waals surface area contributed by atoms with Crippen LogP contribution in [0.1, 0.15) is 11.1 Å². The molecule has 0 saturated carbocycles. The fourth-order valence-corrected chi connectivity index (χ4v) is 3.90. The molecular formula is C20H14BrIN2O2. The first kappa shape index (κ1) is 20.0. The van der Waals surface area contributed by atoms with Crippen molar-refractivity contribution in [3.8, 4) is 24.2 Å². The molecule has 1 amide bonds. The van der Waals surface area contributed by atoms with Gasteiger partial charge >= 0.3 is 0 Å². The van der Waals surface area contributed by atoms with Crippen molar-refractivity contribution in [1.82, 2.24) is 0 Å². The zero-order chi connectivity index (χ0) is 19.1. The lowest BCUT2D eigenvalue weighted by Crippen LogP contribution is -2.14. The van der Waals surface area contributed by atoms with Crippen LogP contribution in [0.5, 0.6) is 5.75 Å². The molecule has 1 N–H and O–H groups in total. The molecule has 0 saturated heterocycles. The van der Waals surface area contributed by atoms with Gasteiger partial charge in [0.05, 0.1) is 8.04 Å². The molecule has 0 spiro atoms. The van der Waals surface area contributed by atoms with Crippen molar-refractivity contribution in [2.75, 3.05) is 11.9 Å². The molecule has 26 heavy (non-hydrogen) atoms. The van der Waals surface area contributed by atoms with E-state index in [1.54, 1.807) is 12.1 Å². The Labute approximate surface area is 174 Å². The molecule has 0 atom stereocenters. The molecule has 0 bridgehead atoms. The maximum Gasteiger partial charge on any atom is 0.266 e. The van der Waals surface area contributed by atoms with E-state index in [0.29, 0.717) is 21.5 Å². The molecule has 6 heteroatoms. The number of nitrogens with one attached hydrogen (secondary N) is 1. The molecular weight excluding hydrogens is 507 g/mol. The first-order chi connectivity index (χ1) is 12.5. The van der Waals surface area contributed by atoms with E-state index in [1.165, 1.54) is 6.08 Å². The Bertz CT molecular complexity index is 932. The number of para-hydroxylation sites is 1. The molecule has 0 aromatic heterocycles. The van der Waals surface area contributed by atoms with Crippen molar-refractivity contribution in [2.45, 2.75) is 6.92 Å². The number of nitriles is 1. The Morgan fingerprint density at radius 2 is 2.15 bits per heavy atom. The first-order valence-corrected chi connectivity index (χ1v) is 9.37. The third-order valence-corrected chi connectivity index (χ3v) is 4.78. The van der Waals surface area contributed by atoms with Crippen molar-refractivity contribution in [1.29, 1.82) is 5.26 Å². The Morgan fingerprint density at radius 3 is 2.77 bits per heavy atom. The molecule has 2 aromatic rings. The highest BCUT2D eigenvalue weighted by molar-refractivity contribution is 14.1. The van der Waals surface area contributed by atoms with Crippen LogP contribution in [0.25, 0.3) is 6.08 Å². The van der Waals surface area contributed by atoms with Gasteiger partial charge in [0.15, 0.2) is 0 Å². The van der Waals surface area contributed by atoms with E-state index in [2.05, 4.69) is 49.8 Å². The van der Waals surface area contributed by atoms with Gasteiger partial charge in [0.2, 0.25) is 0 Å². The Hall–Kier alpha value is -2.29. The fraction of sp³-hybridized carbons (Fsp3) is 0.100. The van der Waals surface area contributed by atoms with E-state index in [1.807, 2.05) is 37.3 Å². The number of hydrogen-bond donors (Lipinski definition) is 1. The molecule has 0 aliphatic heterocycles. The van der Waals surface area contributed by atoms with Gasteiger partial charge in [0.1, 0.15) is 24.0 Å². The second-order valence-electron chi connectivity index (χ2n) is 5.25. The number of halogens is 2. The monoisotopic (exact) mass is 520 g/mol. The summed E-state index contributed by atoms with van der Waals surface area (Å²) in [6.45, 7) is 2.05. The molecule has 2 aromatic carbocycles. The number of hydrogen-bond acceptors (Lipinski definition) is 3. The van der Waals surface area contributed by atoms with Gasteiger partial charge in [-0.2, -0.15) is 5.26 Å². The lowest BCUT2D eigenvalue weighted by atomic mass is 10.1. The third-order valence-electron chi connectivity index (χ3n) is 3.39. The Kier molecular flexibility index (Phi) is 7.26.